The largest absolute Gasteiger partial charge is 0.491 e. The molecular weight excluding hydrogens is 582 g/mol. The minimum Gasteiger partial charge on any atom is -0.491 e. The van der Waals surface area contributed by atoms with E-state index in [0.717, 1.165) is 5.69 Å². The topological polar surface area (TPSA) is 151 Å². The summed E-state index contributed by atoms with van der Waals surface area (Å²) in [6.45, 7) is 11.6. The van der Waals surface area contributed by atoms with Crippen molar-refractivity contribution in [3.63, 3.8) is 0 Å². The maximum atomic E-state index is 11.0. The average molecular weight is 636 g/mol. The Balaban J connectivity index is 1.67. The van der Waals surface area contributed by atoms with Crippen molar-refractivity contribution in [1.82, 2.24) is 0 Å². The molecule has 0 unspecified atom stereocenters. The van der Waals surface area contributed by atoms with E-state index in [9.17, 15) is 4.79 Å². The van der Waals surface area contributed by atoms with E-state index in [0.29, 0.717) is 144 Å². The minimum absolute atomic E-state index is 0.0224. The van der Waals surface area contributed by atoms with Crippen molar-refractivity contribution in [3.05, 3.63) is 24.3 Å². The molecule has 0 atom stereocenters. The van der Waals surface area contributed by atoms with Gasteiger partial charge in [0, 0.05) is 12.6 Å². The zero-order valence-electron chi connectivity index (χ0n) is 26.2. The summed E-state index contributed by atoms with van der Waals surface area (Å²) in [5.41, 5.74) is 0.730. The van der Waals surface area contributed by atoms with Gasteiger partial charge in [0.1, 0.15) is 12.4 Å². The van der Waals surface area contributed by atoms with Crippen LogP contribution in [0.15, 0.2) is 24.3 Å². The molecule has 2 N–H and O–H groups in total. The number of rotatable bonds is 34. The van der Waals surface area contributed by atoms with E-state index in [1.54, 1.807) is 24.3 Å². The first kappa shape index (κ1) is 40.1. The number of amides is 1. The summed E-state index contributed by atoms with van der Waals surface area (Å²) in [5, 5.41) is 11.3. The van der Waals surface area contributed by atoms with Gasteiger partial charge in [-0.05, 0) is 24.3 Å². The second-order valence-electron chi connectivity index (χ2n) is 8.90. The van der Waals surface area contributed by atoms with Crippen LogP contribution in [0.4, 0.5) is 5.69 Å². The lowest BCUT2D eigenvalue weighted by Gasteiger charge is -2.09. The molecule has 14 heteroatoms. The van der Waals surface area contributed by atoms with Crippen LogP contribution in [0.5, 0.6) is 5.75 Å². The quantitative estimate of drug-likeness (QED) is 0.104. The van der Waals surface area contributed by atoms with Crippen LogP contribution in [-0.2, 0) is 52.2 Å². The summed E-state index contributed by atoms with van der Waals surface area (Å²) in [6, 6.07) is 7.17. The molecule has 0 saturated heterocycles. The smallest absolute Gasteiger partial charge is 0.221 e. The van der Waals surface area contributed by atoms with Crippen LogP contribution in [0.2, 0.25) is 0 Å². The van der Waals surface area contributed by atoms with Crippen LogP contribution < -0.4 is 10.1 Å². The van der Waals surface area contributed by atoms with Gasteiger partial charge < -0.3 is 62.5 Å². The Hall–Kier alpha value is -1.95. The van der Waals surface area contributed by atoms with Crippen molar-refractivity contribution >= 4 is 11.6 Å². The highest BCUT2D eigenvalue weighted by atomic mass is 16.6. The summed E-state index contributed by atoms with van der Waals surface area (Å²) in [7, 11) is 0. The normalized spacial score (nSPS) is 11.2. The predicted molar refractivity (Wildman–Crippen MR) is 162 cm³/mol. The van der Waals surface area contributed by atoms with E-state index < -0.39 is 0 Å². The van der Waals surface area contributed by atoms with Crippen LogP contribution >= 0.6 is 0 Å². The van der Waals surface area contributed by atoms with Gasteiger partial charge in [-0.3, -0.25) is 4.79 Å². The fraction of sp³-hybridized carbons (Fsp3) is 0.767. The number of hydrogen-bond donors (Lipinski definition) is 2. The van der Waals surface area contributed by atoms with E-state index in [1.807, 2.05) is 0 Å². The molecule has 0 saturated carbocycles. The third kappa shape index (κ3) is 28.8. The Morgan fingerprint density at radius 2 is 0.750 bits per heavy atom. The Bertz CT molecular complexity index is 742. The molecule has 0 aliphatic carbocycles. The van der Waals surface area contributed by atoms with E-state index in [-0.39, 0.29) is 12.5 Å². The number of aliphatic hydroxyl groups is 1. The molecule has 0 radical (unpaired) electrons. The van der Waals surface area contributed by atoms with Gasteiger partial charge in [0.2, 0.25) is 5.91 Å². The summed E-state index contributed by atoms with van der Waals surface area (Å²) in [5.74, 6) is 0.606. The van der Waals surface area contributed by atoms with Crippen molar-refractivity contribution in [3.8, 4) is 5.75 Å². The van der Waals surface area contributed by atoms with Gasteiger partial charge in [0.05, 0.1) is 139 Å². The lowest BCUT2D eigenvalue weighted by molar-refractivity contribution is -0.114. The molecular formula is C30H53NO13. The zero-order valence-corrected chi connectivity index (χ0v) is 26.2. The summed E-state index contributed by atoms with van der Waals surface area (Å²) in [4.78, 5) is 11.0. The second kappa shape index (κ2) is 32.4. The number of carbonyl (C=O) groups is 1. The number of anilines is 1. The number of aliphatic hydroxyl groups excluding tert-OH is 1. The molecule has 1 aromatic carbocycles. The van der Waals surface area contributed by atoms with Gasteiger partial charge in [0.15, 0.2) is 0 Å². The van der Waals surface area contributed by atoms with Crippen LogP contribution in [0, 0.1) is 0 Å². The van der Waals surface area contributed by atoms with Gasteiger partial charge in [-0.15, -0.1) is 0 Å². The highest BCUT2D eigenvalue weighted by molar-refractivity contribution is 5.88. The predicted octanol–water partition coefficient (Wildman–Crippen LogP) is 1.18. The second-order valence-corrected chi connectivity index (χ2v) is 8.90. The highest BCUT2D eigenvalue weighted by Crippen LogP contribution is 2.15. The van der Waals surface area contributed by atoms with Crippen LogP contribution in [0.25, 0.3) is 0 Å². The van der Waals surface area contributed by atoms with Gasteiger partial charge in [-0.1, -0.05) is 0 Å². The third-order valence-electron chi connectivity index (χ3n) is 5.25. The molecule has 256 valence electrons. The van der Waals surface area contributed by atoms with E-state index in [4.69, 9.17) is 57.2 Å². The highest BCUT2D eigenvalue weighted by Gasteiger charge is 1.99. The van der Waals surface area contributed by atoms with Crippen molar-refractivity contribution in [2.24, 2.45) is 0 Å². The SMILES string of the molecule is CC(=O)Nc1ccc(OCCOCCOCCOCCOCCOCCOCCOCCOCCOCCOCCO)cc1. The van der Waals surface area contributed by atoms with Gasteiger partial charge in [0.25, 0.3) is 0 Å². The molecule has 1 amide bonds. The Kier molecular flexibility index (Phi) is 29.5. The maximum Gasteiger partial charge on any atom is 0.221 e. The monoisotopic (exact) mass is 635 g/mol. The summed E-state index contributed by atoms with van der Waals surface area (Å²) in [6.07, 6.45) is 0. The van der Waals surface area contributed by atoms with Gasteiger partial charge in [-0.2, -0.15) is 0 Å². The Labute approximate surface area is 261 Å². The molecule has 0 heterocycles. The first-order valence-electron chi connectivity index (χ1n) is 15.1. The summed E-state index contributed by atoms with van der Waals surface area (Å²) >= 11 is 0. The molecule has 0 aliphatic heterocycles. The molecule has 0 spiro atoms. The van der Waals surface area contributed by atoms with Gasteiger partial charge >= 0.3 is 0 Å². The fourth-order valence-corrected chi connectivity index (χ4v) is 3.20. The first-order valence-corrected chi connectivity index (χ1v) is 15.1. The fourth-order valence-electron chi connectivity index (χ4n) is 3.20. The molecule has 0 bridgehead atoms. The van der Waals surface area contributed by atoms with Crippen molar-refractivity contribution in [2.45, 2.75) is 6.92 Å². The molecule has 1 rings (SSSR count). The van der Waals surface area contributed by atoms with Gasteiger partial charge in [-0.25, -0.2) is 0 Å². The zero-order chi connectivity index (χ0) is 31.6. The van der Waals surface area contributed by atoms with Crippen molar-refractivity contribution in [2.75, 3.05) is 151 Å². The molecule has 44 heavy (non-hydrogen) atoms. The van der Waals surface area contributed by atoms with Crippen LogP contribution in [-0.4, -0.2) is 156 Å². The Morgan fingerprint density at radius 1 is 0.477 bits per heavy atom. The van der Waals surface area contributed by atoms with E-state index in [1.165, 1.54) is 6.92 Å². The standard InChI is InChI=1S/C30H53NO13/c1-28(33)31-29-2-4-30(5-3-29)44-27-26-43-25-24-42-23-22-41-21-20-40-19-18-39-17-16-38-15-14-37-13-12-36-11-10-35-9-8-34-7-6-32/h2-5,32H,6-27H2,1H3,(H,31,33). The molecule has 0 fully saturated rings. The lowest BCUT2D eigenvalue weighted by Crippen LogP contribution is -2.15. The van der Waals surface area contributed by atoms with Crippen LogP contribution in [0.3, 0.4) is 0 Å². The summed E-state index contributed by atoms with van der Waals surface area (Å²) < 4.78 is 59.6. The minimum atomic E-state index is -0.109. The molecule has 14 nitrogen and oxygen atoms in total. The number of nitrogens with one attached hydrogen (secondary N) is 1. The maximum absolute atomic E-state index is 11.0. The van der Waals surface area contributed by atoms with E-state index in [2.05, 4.69) is 5.32 Å². The average Bonchev–Trinajstić information content (AvgIpc) is 3.02. The third-order valence-corrected chi connectivity index (χ3v) is 5.25. The number of ether oxygens (including phenoxy) is 11. The molecule has 0 aliphatic rings. The molecule has 1 aromatic rings. The number of hydrogen-bond acceptors (Lipinski definition) is 13. The lowest BCUT2D eigenvalue weighted by atomic mass is 10.3. The van der Waals surface area contributed by atoms with Crippen molar-refractivity contribution < 1.29 is 62.0 Å². The van der Waals surface area contributed by atoms with Crippen molar-refractivity contribution in [1.29, 1.82) is 0 Å². The first-order chi connectivity index (χ1) is 21.7. The Morgan fingerprint density at radius 3 is 1.02 bits per heavy atom. The number of benzene rings is 1. The molecule has 0 aromatic heterocycles. The number of carbonyl (C=O) groups excluding carboxylic acids is 1. The van der Waals surface area contributed by atoms with E-state index >= 15 is 0 Å². The van der Waals surface area contributed by atoms with Crippen LogP contribution in [0.1, 0.15) is 6.92 Å².